The van der Waals surface area contributed by atoms with Crippen LogP contribution in [-0.4, -0.2) is 28.1 Å². The third-order valence-electron chi connectivity index (χ3n) is 7.33. The number of carbonyl (C=O) groups excluding carboxylic acids is 3. The van der Waals surface area contributed by atoms with E-state index < -0.39 is 46.6 Å². The number of esters is 3. The number of fused-ring (bicyclic) bond motifs is 2. The van der Waals surface area contributed by atoms with Crippen molar-refractivity contribution < 1.29 is 47.6 Å². The molecule has 0 aliphatic heterocycles. The number of hydrogen-bond acceptors (Lipinski definition) is 12. The summed E-state index contributed by atoms with van der Waals surface area (Å²) in [4.78, 5) is 63.1. The summed E-state index contributed by atoms with van der Waals surface area (Å²) >= 11 is 0. The summed E-state index contributed by atoms with van der Waals surface area (Å²) in [6, 6.07) is 21.8. The maximum atomic E-state index is 13.4. The van der Waals surface area contributed by atoms with E-state index in [9.17, 15) is 34.2 Å². The van der Waals surface area contributed by atoms with Crippen molar-refractivity contribution in [3.63, 3.8) is 0 Å². The summed E-state index contributed by atoms with van der Waals surface area (Å²) in [6.07, 6.45) is 0. The number of benzene rings is 4. The van der Waals surface area contributed by atoms with Crippen molar-refractivity contribution in [1.82, 2.24) is 0 Å². The Kier molecular flexibility index (Phi) is 8.22. The maximum Gasteiger partial charge on any atom is 0.347 e. The van der Waals surface area contributed by atoms with Crippen LogP contribution in [0.4, 0.5) is 0 Å². The molecule has 6 rings (SSSR count). The summed E-state index contributed by atoms with van der Waals surface area (Å²) < 4.78 is 26.7. The fourth-order valence-corrected chi connectivity index (χ4v) is 5.31. The van der Waals surface area contributed by atoms with Gasteiger partial charge in [0.05, 0.1) is 27.8 Å². The molecule has 2 heterocycles. The second-order valence-corrected chi connectivity index (χ2v) is 10.5. The Bertz CT molecular complexity index is 2270. The van der Waals surface area contributed by atoms with E-state index in [4.69, 9.17) is 23.0 Å². The van der Waals surface area contributed by atoms with Gasteiger partial charge in [-0.2, -0.15) is 0 Å². The Balaban J connectivity index is 1.45. The number of aromatic hydroxyl groups is 2. The molecule has 240 valence electrons. The topological polar surface area (TPSA) is 180 Å². The molecule has 0 saturated heterocycles. The first kappa shape index (κ1) is 31.3. The van der Waals surface area contributed by atoms with E-state index in [1.54, 1.807) is 24.3 Å². The lowest BCUT2D eigenvalue weighted by Crippen LogP contribution is -2.21. The van der Waals surface area contributed by atoms with E-state index in [0.717, 1.165) is 6.92 Å². The number of para-hydroxylation sites is 2. The summed E-state index contributed by atoms with van der Waals surface area (Å²) in [6.45, 7) is 2.32. The molecule has 0 saturated carbocycles. The average molecular weight is 649 g/mol. The van der Waals surface area contributed by atoms with Crippen LogP contribution >= 0.6 is 0 Å². The van der Waals surface area contributed by atoms with Crippen molar-refractivity contribution in [2.75, 3.05) is 0 Å². The van der Waals surface area contributed by atoms with E-state index in [-0.39, 0.29) is 61.4 Å². The Morgan fingerprint density at radius 2 is 1.12 bits per heavy atom. The lowest BCUT2D eigenvalue weighted by Gasteiger charge is -2.20. The monoisotopic (exact) mass is 648 g/mol. The highest BCUT2D eigenvalue weighted by Gasteiger charge is 2.32. The first-order chi connectivity index (χ1) is 23.0. The molecule has 0 fully saturated rings. The molecule has 0 bridgehead atoms. The van der Waals surface area contributed by atoms with Gasteiger partial charge in [0.15, 0.2) is 0 Å². The summed E-state index contributed by atoms with van der Waals surface area (Å²) in [5.41, 5.74) is -2.43. The zero-order chi connectivity index (χ0) is 34.1. The van der Waals surface area contributed by atoms with Gasteiger partial charge >= 0.3 is 29.2 Å². The van der Waals surface area contributed by atoms with Crippen LogP contribution in [-0.2, 0) is 9.59 Å². The van der Waals surface area contributed by atoms with Crippen LogP contribution in [0.3, 0.4) is 0 Å². The summed E-state index contributed by atoms with van der Waals surface area (Å²) in [7, 11) is 0. The molecule has 12 nitrogen and oxygen atoms in total. The van der Waals surface area contributed by atoms with E-state index in [1.807, 2.05) is 0 Å². The van der Waals surface area contributed by atoms with Gasteiger partial charge in [0.1, 0.15) is 45.5 Å². The molecule has 0 radical (unpaired) electrons. The zero-order valence-corrected chi connectivity index (χ0v) is 25.2. The fourth-order valence-electron chi connectivity index (χ4n) is 5.31. The van der Waals surface area contributed by atoms with Gasteiger partial charge < -0.3 is 33.3 Å². The molecule has 0 aliphatic carbocycles. The van der Waals surface area contributed by atoms with Crippen LogP contribution in [0.2, 0.25) is 0 Å². The Hall–Kier alpha value is -6.69. The molecule has 4 aromatic carbocycles. The van der Waals surface area contributed by atoms with Gasteiger partial charge in [-0.1, -0.05) is 36.4 Å². The van der Waals surface area contributed by atoms with Gasteiger partial charge in [-0.05, 0) is 60.2 Å². The van der Waals surface area contributed by atoms with E-state index >= 15 is 0 Å². The lowest BCUT2D eigenvalue weighted by atomic mass is 9.84. The Labute approximate surface area is 270 Å². The van der Waals surface area contributed by atoms with Crippen molar-refractivity contribution in [2.24, 2.45) is 0 Å². The molecule has 0 spiro atoms. The molecule has 0 unspecified atom stereocenters. The van der Waals surface area contributed by atoms with Crippen LogP contribution in [0.1, 0.15) is 46.8 Å². The predicted octanol–water partition coefficient (Wildman–Crippen LogP) is 5.56. The summed E-state index contributed by atoms with van der Waals surface area (Å²) in [5, 5.41) is 23.1. The minimum absolute atomic E-state index is 0.00610. The van der Waals surface area contributed by atoms with Gasteiger partial charge in [0.2, 0.25) is 0 Å². The van der Waals surface area contributed by atoms with Crippen LogP contribution in [0.5, 0.6) is 28.7 Å². The van der Waals surface area contributed by atoms with Crippen molar-refractivity contribution in [3.8, 4) is 28.7 Å². The highest BCUT2D eigenvalue weighted by Crippen LogP contribution is 2.42. The fraction of sp³-hybridized carbons (Fsp3) is 0.0833. The molecule has 2 aromatic heterocycles. The third kappa shape index (κ3) is 5.97. The van der Waals surface area contributed by atoms with E-state index in [2.05, 4.69) is 0 Å². The van der Waals surface area contributed by atoms with Gasteiger partial charge in [-0.15, -0.1) is 0 Å². The van der Waals surface area contributed by atoms with Gasteiger partial charge in [-0.25, -0.2) is 14.4 Å². The van der Waals surface area contributed by atoms with Crippen molar-refractivity contribution in [2.45, 2.75) is 19.8 Å². The van der Waals surface area contributed by atoms with Crippen molar-refractivity contribution >= 4 is 39.8 Å². The number of ether oxygens (including phenoxy) is 3. The standard InChI is InChI=1S/C36H24O12/c1-18(37)44-22-15-16-28(45-19(2)38)25(17-22)34(41)46-21-13-11-20(12-14-21)29(30-32(39)23-7-3-5-9-26(23)47-35(30)42)31-33(40)24-8-4-6-10-27(24)48-36(31)43/h3-17,29,39-40H,1-2H3. The lowest BCUT2D eigenvalue weighted by molar-refractivity contribution is -0.133. The van der Waals surface area contributed by atoms with Gasteiger partial charge in [0.25, 0.3) is 0 Å². The molecule has 6 aromatic rings. The molecule has 12 heteroatoms. The second-order valence-electron chi connectivity index (χ2n) is 10.5. The second kappa shape index (κ2) is 12.6. The maximum absolute atomic E-state index is 13.4. The summed E-state index contributed by atoms with van der Waals surface area (Å²) in [5.74, 6) is -4.82. The normalized spacial score (nSPS) is 11.1. The molecular weight excluding hydrogens is 624 g/mol. The molecule has 0 amide bonds. The van der Waals surface area contributed by atoms with E-state index in [0.29, 0.717) is 0 Å². The third-order valence-corrected chi connectivity index (χ3v) is 7.33. The highest BCUT2D eigenvalue weighted by atomic mass is 16.6. The zero-order valence-electron chi connectivity index (χ0n) is 25.2. The molecule has 2 N–H and O–H groups in total. The minimum atomic E-state index is -1.41. The van der Waals surface area contributed by atoms with E-state index in [1.165, 1.54) is 73.7 Å². The number of carbonyl (C=O) groups is 3. The molecular formula is C36H24O12. The highest BCUT2D eigenvalue weighted by molar-refractivity contribution is 5.95. The number of hydrogen-bond donors (Lipinski definition) is 2. The smallest absolute Gasteiger partial charge is 0.347 e. The number of rotatable bonds is 7. The SMILES string of the molecule is CC(=O)Oc1ccc(OC(C)=O)c(C(=O)Oc2ccc(C(c3c(O)c4ccccc4oc3=O)c3c(O)c4ccccc4oc3=O)cc2)c1. The van der Waals surface area contributed by atoms with Crippen LogP contribution in [0.15, 0.2) is 109 Å². The Morgan fingerprint density at radius 1 is 0.625 bits per heavy atom. The van der Waals surface area contributed by atoms with Crippen LogP contribution < -0.4 is 25.5 Å². The first-order valence-corrected chi connectivity index (χ1v) is 14.3. The van der Waals surface area contributed by atoms with Crippen LogP contribution in [0.25, 0.3) is 21.9 Å². The largest absolute Gasteiger partial charge is 0.507 e. The first-order valence-electron chi connectivity index (χ1n) is 14.3. The molecule has 0 atom stereocenters. The minimum Gasteiger partial charge on any atom is -0.507 e. The van der Waals surface area contributed by atoms with Crippen molar-refractivity contribution in [1.29, 1.82) is 0 Å². The average Bonchev–Trinajstić information content (AvgIpc) is 3.04. The quantitative estimate of drug-likeness (QED) is 0.125. The Morgan fingerprint density at radius 3 is 1.65 bits per heavy atom. The van der Waals surface area contributed by atoms with Crippen molar-refractivity contribution in [3.05, 3.63) is 134 Å². The van der Waals surface area contributed by atoms with Gasteiger partial charge in [-0.3, -0.25) is 9.59 Å². The van der Waals surface area contributed by atoms with Gasteiger partial charge in [0, 0.05) is 13.8 Å². The molecule has 48 heavy (non-hydrogen) atoms. The molecule has 0 aliphatic rings. The van der Waals surface area contributed by atoms with Crippen LogP contribution in [0, 0.1) is 0 Å². The predicted molar refractivity (Wildman–Crippen MR) is 170 cm³/mol.